The predicted octanol–water partition coefficient (Wildman–Crippen LogP) is 2.32. The molecule has 2 heterocycles. The van der Waals surface area contributed by atoms with Crippen molar-refractivity contribution < 1.29 is 0 Å². The highest BCUT2D eigenvalue weighted by Gasteiger charge is 2.02. The summed E-state index contributed by atoms with van der Waals surface area (Å²) >= 11 is 7.31. The van der Waals surface area contributed by atoms with Gasteiger partial charge < -0.3 is 5.73 Å². The second kappa shape index (κ2) is 5.70. The lowest BCUT2D eigenvalue weighted by molar-refractivity contribution is 1.14. The summed E-state index contributed by atoms with van der Waals surface area (Å²) in [6.07, 6.45) is 2.92. The Bertz CT molecular complexity index is 591. The van der Waals surface area contributed by atoms with Crippen LogP contribution in [0.15, 0.2) is 40.1 Å². The van der Waals surface area contributed by atoms with Crippen LogP contribution in [0.3, 0.4) is 0 Å². The Balaban J connectivity index is 2.21. The summed E-state index contributed by atoms with van der Waals surface area (Å²) in [7, 11) is 0. The molecule has 0 unspecified atom stereocenters. The molecule has 0 saturated heterocycles. The van der Waals surface area contributed by atoms with Crippen molar-refractivity contribution in [2.24, 2.45) is 15.9 Å². The molecule has 2 aromatic heterocycles. The van der Waals surface area contributed by atoms with Gasteiger partial charge >= 0.3 is 0 Å². The van der Waals surface area contributed by atoms with Crippen molar-refractivity contribution in [1.82, 2.24) is 9.97 Å². The fraction of sp³-hybridized carbons (Fsp3) is 0.0909. The fourth-order valence-corrected chi connectivity index (χ4v) is 2.00. The van der Waals surface area contributed by atoms with Gasteiger partial charge in [0.1, 0.15) is 10.8 Å². The van der Waals surface area contributed by atoms with E-state index >= 15 is 0 Å². The van der Waals surface area contributed by atoms with Crippen LogP contribution in [0.4, 0.5) is 0 Å². The predicted molar refractivity (Wildman–Crippen MR) is 74.3 cm³/mol. The van der Waals surface area contributed by atoms with E-state index in [1.165, 1.54) is 12.4 Å². The van der Waals surface area contributed by atoms with Gasteiger partial charge in [-0.15, -0.1) is 16.4 Å². The van der Waals surface area contributed by atoms with E-state index in [1.54, 1.807) is 11.3 Å². The SMILES string of the molecule is CC(=NN=C(N)c1cncc(Cl)n1)c1cccs1. The number of thiophene rings is 1. The Morgan fingerprint density at radius 1 is 1.39 bits per heavy atom. The molecule has 0 saturated carbocycles. The van der Waals surface area contributed by atoms with Crippen LogP contribution in [0.2, 0.25) is 5.15 Å². The van der Waals surface area contributed by atoms with Gasteiger partial charge in [0.25, 0.3) is 0 Å². The van der Waals surface area contributed by atoms with E-state index in [9.17, 15) is 0 Å². The monoisotopic (exact) mass is 279 g/mol. The van der Waals surface area contributed by atoms with Crippen LogP contribution in [0.5, 0.6) is 0 Å². The zero-order valence-electron chi connectivity index (χ0n) is 9.54. The number of rotatable bonds is 3. The van der Waals surface area contributed by atoms with Crippen LogP contribution in [-0.2, 0) is 0 Å². The van der Waals surface area contributed by atoms with Crippen LogP contribution < -0.4 is 5.73 Å². The Labute approximate surface area is 113 Å². The molecule has 2 rings (SSSR count). The first-order valence-corrected chi connectivity index (χ1v) is 6.32. The second-order valence-electron chi connectivity index (χ2n) is 3.37. The average molecular weight is 280 g/mol. The van der Waals surface area contributed by atoms with E-state index in [0.717, 1.165) is 10.6 Å². The van der Waals surface area contributed by atoms with Crippen molar-refractivity contribution in [2.45, 2.75) is 6.92 Å². The first-order valence-electron chi connectivity index (χ1n) is 5.06. The summed E-state index contributed by atoms with van der Waals surface area (Å²) in [4.78, 5) is 8.92. The van der Waals surface area contributed by atoms with Crippen molar-refractivity contribution >= 4 is 34.5 Å². The molecule has 2 aromatic rings. The highest BCUT2D eigenvalue weighted by atomic mass is 35.5. The molecule has 0 amide bonds. The molecule has 0 aliphatic carbocycles. The van der Waals surface area contributed by atoms with Gasteiger partial charge in [-0.1, -0.05) is 17.7 Å². The zero-order chi connectivity index (χ0) is 13.0. The third-order valence-electron chi connectivity index (χ3n) is 2.05. The normalized spacial score (nSPS) is 12.8. The van der Waals surface area contributed by atoms with Crippen molar-refractivity contribution in [3.63, 3.8) is 0 Å². The maximum Gasteiger partial charge on any atom is 0.173 e. The highest BCUT2D eigenvalue weighted by Crippen LogP contribution is 2.10. The zero-order valence-corrected chi connectivity index (χ0v) is 11.1. The third-order valence-corrected chi connectivity index (χ3v) is 3.21. The Morgan fingerprint density at radius 3 is 2.89 bits per heavy atom. The standard InChI is InChI=1S/C11H10ClN5S/c1-7(9-3-2-4-18-9)16-17-11(13)8-5-14-6-10(12)15-8/h2-6H,1H3,(H2,13,17). The van der Waals surface area contributed by atoms with Crippen LogP contribution in [0.1, 0.15) is 17.5 Å². The summed E-state index contributed by atoms with van der Waals surface area (Å²) in [6.45, 7) is 1.87. The van der Waals surface area contributed by atoms with Crippen LogP contribution >= 0.6 is 22.9 Å². The average Bonchev–Trinajstić information content (AvgIpc) is 2.89. The molecule has 0 aromatic carbocycles. The van der Waals surface area contributed by atoms with Crippen LogP contribution in [-0.4, -0.2) is 21.5 Å². The van der Waals surface area contributed by atoms with E-state index in [0.29, 0.717) is 5.69 Å². The quantitative estimate of drug-likeness (QED) is 0.532. The van der Waals surface area contributed by atoms with Crippen LogP contribution in [0.25, 0.3) is 0 Å². The molecule has 0 radical (unpaired) electrons. The Hall–Kier alpha value is -1.79. The van der Waals surface area contributed by atoms with Gasteiger partial charge in [-0.05, 0) is 18.4 Å². The van der Waals surface area contributed by atoms with Crippen molar-refractivity contribution in [3.05, 3.63) is 45.6 Å². The summed E-state index contributed by atoms with van der Waals surface area (Å²) in [5.41, 5.74) is 6.95. The third kappa shape index (κ3) is 3.12. The summed E-state index contributed by atoms with van der Waals surface area (Å²) in [5.74, 6) is 0.181. The maximum absolute atomic E-state index is 5.75. The number of hydrogen-bond donors (Lipinski definition) is 1. The van der Waals surface area contributed by atoms with Gasteiger partial charge in [-0.2, -0.15) is 5.10 Å². The Morgan fingerprint density at radius 2 is 2.22 bits per heavy atom. The van der Waals surface area contributed by atoms with Crippen molar-refractivity contribution in [2.75, 3.05) is 0 Å². The van der Waals surface area contributed by atoms with E-state index in [2.05, 4.69) is 20.2 Å². The molecule has 0 atom stereocenters. The maximum atomic E-state index is 5.75. The van der Waals surface area contributed by atoms with Gasteiger partial charge in [-0.3, -0.25) is 4.98 Å². The Kier molecular flexibility index (Phi) is 4.01. The van der Waals surface area contributed by atoms with E-state index in [1.807, 2.05) is 24.4 Å². The molecule has 0 spiro atoms. The van der Waals surface area contributed by atoms with E-state index < -0.39 is 0 Å². The summed E-state index contributed by atoms with van der Waals surface area (Å²) < 4.78 is 0. The molecule has 0 fully saturated rings. The number of nitrogens with zero attached hydrogens (tertiary/aromatic N) is 4. The molecule has 7 heteroatoms. The van der Waals surface area contributed by atoms with Gasteiger partial charge in [0.05, 0.1) is 23.0 Å². The molecular weight excluding hydrogens is 270 g/mol. The second-order valence-corrected chi connectivity index (χ2v) is 4.71. The highest BCUT2D eigenvalue weighted by molar-refractivity contribution is 7.12. The number of nitrogens with two attached hydrogens (primary N) is 1. The molecular formula is C11H10ClN5S. The molecule has 2 N–H and O–H groups in total. The fourth-order valence-electron chi connectivity index (χ4n) is 1.18. The van der Waals surface area contributed by atoms with Gasteiger partial charge in [-0.25, -0.2) is 4.98 Å². The van der Waals surface area contributed by atoms with Crippen molar-refractivity contribution in [3.8, 4) is 0 Å². The lowest BCUT2D eigenvalue weighted by atomic mass is 10.3. The van der Waals surface area contributed by atoms with E-state index in [-0.39, 0.29) is 11.0 Å². The minimum atomic E-state index is 0.181. The number of hydrogen-bond acceptors (Lipinski definition) is 5. The molecule has 18 heavy (non-hydrogen) atoms. The molecule has 0 aliphatic rings. The molecule has 92 valence electrons. The smallest absolute Gasteiger partial charge is 0.173 e. The summed E-state index contributed by atoms with van der Waals surface area (Å²) in [6, 6.07) is 3.92. The minimum Gasteiger partial charge on any atom is -0.380 e. The summed E-state index contributed by atoms with van der Waals surface area (Å²) in [5, 5.41) is 10.2. The van der Waals surface area contributed by atoms with Gasteiger partial charge in [0.2, 0.25) is 0 Å². The van der Waals surface area contributed by atoms with E-state index in [4.69, 9.17) is 17.3 Å². The lowest BCUT2D eigenvalue weighted by Crippen LogP contribution is -2.15. The van der Waals surface area contributed by atoms with Gasteiger partial charge in [0.15, 0.2) is 5.84 Å². The van der Waals surface area contributed by atoms with Crippen LogP contribution in [0, 0.1) is 0 Å². The lowest BCUT2D eigenvalue weighted by Gasteiger charge is -1.97. The molecule has 0 bridgehead atoms. The number of aromatic nitrogens is 2. The first-order chi connectivity index (χ1) is 8.66. The number of amidine groups is 1. The topological polar surface area (TPSA) is 76.5 Å². The largest absolute Gasteiger partial charge is 0.380 e. The van der Waals surface area contributed by atoms with Crippen molar-refractivity contribution in [1.29, 1.82) is 0 Å². The van der Waals surface area contributed by atoms with Gasteiger partial charge in [0, 0.05) is 0 Å². The minimum absolute atomic E-state index is 0.181. The number of halogens is 1. The molecule has 0 aliphatic heterocycles. The molecule has 5 nitrogen and oxygen atoms in total. The first kappa shape index (κ1) is 12.7.